The molecule has 0 amide bonds. The molecule has 0 spiro atoms. The number of carboxylic acid groups (broad SMARTS) is 1. The Labute approximate surface area is 119 Å². The molecule has 0 radical (unpaired) electrons. The third kappa shape index (κ3) is 3.21. The summed E-state index contributed by atoms with van der Waals surface area (Å²) in [5.74, 6) is -0.0386. The third-order valence-corrected chi connectivity index (χ3v) is 3.54. The molecule has 1 aromatic heterocycles. The van der Waals surface area contributed by atoms with Gasteiger partial charge in [-0.1, -0.05) is 30.0 Å². The number of aromatic nitrogens is 3. The lowest BCUT2D eigenvalue weighted by molar-refractivity contribution is -0.133. The van der Waals surface area contributed by atoms with Gasteiger partial charge in [-0.2, -0.15) is 0 Å². The highest BCUT2D eigenvalue weighted by atomic mass is 32.2. The average molecular weight is 294 g/mol. The summed E-state index contributed by atoms with van der Waals surface area (Å²) < 4.78 is 6.93. The molecule has 8 heteroatoms. The monoisotopic (exact) mass is 294 g/mol. The molecular formula is C12H14N4O3S. The zero-order chi connectivity index (χ0) is 14.5. The zero-order valence-corrected chi connectivity index (χ0v) is 11.6. The van der Waals surface area contributed by atoms with Gasteiger partial charge in [0.2, 0.25) is 5.95 Å². The molecule has 0 saturated heterocycles. The molecule has 0 aliphatic carbocycles. The van der Waals surface area contributed by atoms with Crippen molar-refractivity contribution in [3.63, 3.8) is 0 Å². The Bertz CT molecular complexity index is 614. The summed E-state index contributed by atoms with van der Waals surface area (Å²) in [5, 5.41) is 16.9. The Hall–Kier alpha value is -2.22. The summed E-state index contributed by atoms with van der Waals surface area (Å²) in [6, 6.07) is 7.52. The molecule has 2 aromatic rings. The highest BCUT2D eigenvalue weighted by Crippen LogP contribution is 2.23. The number of para-hydroxylation sites is 1. The van der Waals surface area contributed by atoms with E-state index in [4.69, 9.17) is 15.6 Å². The molecule has 0 unspecified atom stereocenters. The van der Waals surface area contributed by atoms with Crippen LogP contribution < -0.4 is 10.5 Å². The van der Waals surface area contributed by atoms with Gasteiger partial charge in [-0.3, -0.25) is 9.36 Å². The minimum Gasteiger partial charge on any atom is -0.496 e. The second-order valence-corrected chi connectivity index (χ2v) is 4.86. The van der Waals surface area contributed by atoms with E-state index in [9.17, 15) is 4.79 Å². The van der Waals surface area contributed by atoms with Crippen molar-refractivity contribution in [2.24, 2.45) is 0 Å². The SMILES string of the molecule is COc1ccccc1Cn1c(N)nnc1SCC(=O)O. The number of hydrogen-bond donors (Lipinski definition) is 2. The van der Waals surface area contributed by atoms with Gasteiger partial charge >= 0.3 is 5.97 Å². The van der Waals surface area contributed by atoms with Gasteiger partial charge in [0.15, 0.2) is 5.16 Å². The number of aliphatic carboxylic acids is 1. The van der Waals surface area contributed by atoms with Crippen molar-refractivity contribution in [2.75, 3.05) is 18.6 Å². The van der Waals surface area contributed by atoms with E-state index in [0.717, 1.165) is 23.1 Å². The number of nitrogens with two attached hydrogens (primary N) is 1. The van der Waals surface area contributed by atoms with Gasteiger partial charge in [-0.05, 0) is 6.07 Å². The van der Waals surface area contributed by atoms with Crippen molar-refractivity contribution in [3.8, 4) is 5.75 Å². The van der Waals surface area contributed by atoms with Gasteiger partial charge in [0.25, 0.3) is 0 Å². The van der Waals surface area contributed by atoms with Gasteiger partial charge in [0, 0.05) is 5.56 Å². The topological polar surface area (TPSA) is 103 Å². The van der Waals surface area contributed by atoms with Gasteiger partial charge in [-0.15, -0.1) is 10.2 Å². The van der Waals surface area contributed by atoms with Crippen LogP contribution in [0.1, 0.15) is 5.56 Å². The lowest BCUT2D eigenvalue weighted by Crippen LogP contribution is -2.08. The number of benzene rings is 1. The summed E-state index contributed by atoms with van der Waals surface area (Å²) in [4.78, 5) is 10.6. The molecule has 0 aliphatic rings. The number of methoxy groups -OCH3 is 1. The first-order chi connectivity index (χ1) is 9.61. The molecule has 1 aromatic carbocycles. The number of carbonyl (C=O) groups is 1. The lowest BCUT2D eigenvalue weighted by Gasteiger charge is -2.11. The maximum atomic E-state index is 10.6. The quantitative estimate of drug-likeness (QED) is 0.769. The van der Waals surface area contributed by atoms with Crippen LogP contribution in [0.25, 0.3) is 0 Å². The first-order valence-corrected chi connectivity index (χ1v) is 6.75. The van der Waals surface area contributed by atoms with Crippen LogP contribution in [0.3, 0.4) is 0 Å². The molecule has 0 atom stereocenters. The van der Waals surface area contributed by atoms with E-state index in [0.29, 0.717) is 11.7 Å². The second-order valence-electron chi connectivity index (χ2n) is 3.92. The minimum atomic E-state index is -0.916. The smallest absolute Gasteiger partial charge is 0.313 e. The fourth-order valence-electron chi connectivity index (χ4n) is 1.69. The molecule has 20 heavy (non-hydrogen) atoms. The van der Waals surface area contributed by atoms with Crippen LogP contribution in [0.4, 0.5) is 5.95 Å². The van der Waals surface area contributed by atoms with Crippen molar-refractivity contribution in [3.05, 3.63) is 29.8 Å². The fraction of sp³-hybridized carbons (Fsp3) is 0.250. The number of rotatable bonds is 6. The van der Waals surface area contributed by atoms with E-state index >= 15 is 0 Å². The van der Waals surface area contributed by atoms with Crippen LogP contribution in [0.5, 0.6) is 5.75 Å². The predicted octanol–water partition coefficient (Wildman–Crippen LogP) is 1.09. The maximum Gasteiger partial charge on any atom is 0.313 e. The average Bonchev–Trinajstić information content (AvgIpc) is 2.78. The fourth-order valence-corrected chi connectivity index (χ4v) is 2.35. The summed E-state index contributed by atoms with van der Waals surface area (Å²) in [6.45, 7) is 0.421. The van der Waals surface area contributed by atoms with Gasteiger partial charge in [-0.25, -0.2) is 0 Å². The number of ether oxygens (including phenoxy) is 1. The van der Waals surface area contributed by atoms with Crippen molar-refractivity contribution in [1.82, 2.24) is 14.8 Å². The molecule has 0 bridgehead atoms. The molecule has 0 saturated carbocycles. The first kappa shape index (κ1) is 14.2. The van der Waals surface area contributed by atoms with E-state index < -0.39 is 5.97 Å². The molecule has 7 nitrogen and oxygen atoms in total. The van der Waals surface area contributed by atoms with Crippen molar-refractivity contribution in [2.45, 2.75) is 11.7 Å². The lowest BCUT2D eigenvalue weighted by atomic mass is 10.2. The molecule has 0 aliphatic heterocycles. The van der Waals surface area contributed by atoms with Crippen LogP contribution in [-0.2, 0) is 11.3 Å². The predicted molar refractivity (Wildman–Crippen MR) is 74.9 cm³/mol. The maximum absolute atomic E-state index is 10.6. The Kier molecular flexibility index (Phi) is 4.46. The van der Waals surface area contributed by atoms with Crippen molar-refractivity contribution in [1.29, 1.82) is 0 Å². The Morgan fingerprint density at radius 1 is 1.45 bits per heavy atom. The highest BCUT2D eigenvalue weighted by Gasteiger charge is 2.13. The van der Waals surface area contributed by atoms with E-state index in [1.165, 1.54) is 0 Å². The molecule has 2 rings (SSSR count). The number of thioether (sulfide) groups is 1. The highest BCUT2D eigenvalue weighted by molar-refractivity contribution is 7.99. The number of anilines is 1. The van der Waals surface area contributed by atoms with Crippen LogP contribution in [0, 0.1) is 0 Å². The van der Waals surface area contributed by atoms with E-state index in [-0.39, 0.29) is 11.7 Å². The minimum absolute atomic E-state index is 0.0932. The Morgan fingerprint density at radius 3 is 2.90 bits per heavy atom. The van der Waals surface area contributed by atoms with Crippen LogP contribution in [0.2, 0.25) is 0 Å². The summed E-state index contributed by atoms with van der Waals surface area (Å²) >= 11 is 1.08. The molecule has 1 heterocycles. The molecule has 0 fully saturated rings. The van der Waals surface area contributed by atoms with E-state index in [2.05, 4.69) is 10.2 Å². The first-order valence-electron chi connectivity index (χ1n) is 5.77. The van der Waals surface area contributed by atoms with Crippen LogP contribution in [0.15, 0.2) is 29.4 Å². The Morgan fingerprint density at radius 2 is 2.20 bits per heavy atom. The number of carboxylic acids is 1. The number of hydrogen-bond acceptors (Lipinski definition) is 6. The standard InChI is InChI=1S/C12H14N4O3S/c1-19-9-5-3-2-4-8(9)6-16-11(13)14-15-12(16)20-7-10(17)18/h2-5H,6-7H2,1H3,(H2,13,14)(H,17,18). The van der Waals surface area contributed by atoms with Crippen LogP contribution >= 0.6 is 11.8 Å². The second kappa shape index (κ2) is 6.29. The third-order valence-electron chi connectivity index (χ3n) is 2.59. The summed E-state index contributed by atoms with van der Waals surface area (Å²) in [6.07, 6.45) is 0. The van der Waals surface area contributed by atoms with Gasteiger partial charge < -0.3 is 15.6 Å². The van der Waals surface area contributed by atoms with Gasteiger partial charge in [0.05, 0.1) is 19.4 Å². The normalized spacial score (nSPS) is 10.4. The molecule has 106 valence electrons. The largest absolute Gasteiger partial charge is 0.496 e. The van der Waals surface area contributed by atoms with Gasteiger partial charge in [0.1, 0.15) is 5.75 Å². The van der Waals surface area contributed by atoms with E-state index in [1.54, 1.807) is 11.7 Å². The molecular weight excluding hydrogens is 280 g/mol. The number of nitrogen functional groups attached to an aromatic ring is 1. The van der Waals surface area contributed by atoms with Crippen LogP contribution in [-0.4, -0.2) is 38.7 Å². The van der Waals surface area contributed by atoms with E-state index in [1.807, 2.05) is 24.3 Å². The van der Waals surface area contributed by atoms with Crippen molar-refractivity contribution < 1.29 is 14.6 Å². The Balaban J connectivity index is 2.24. The number of nitrogens with zero attached hydrogens (tertiary/aromatic N) is 3. The molecule has 3 N–H and O–H groups in total. The zero-order valence-electron chi connectivity index (χ0n) is 10.8. The van der Waals surface area contributed by atoms with Crippen molar-refractivity contribution >= 4 is 23.7 Å². The summed E-state index contributed by atoms with van der Waals surface area (Å²) in [7, 11) is 1.59. The summed E-state index contributed by atoms with van der Waals surface area (Å²) in [5.41, 5.74) is 6.69.